The molecule has 0 saturated heterocycles. The molecule has 0 amide bonds. The quantitative estimate of drug-likeness (QED) is 0.0685. The summed E-state index contributed by atoms with van der Waals surface area (Å²) < 4.78 is 66.3. The van der Waals surface area contributed by atoms with Gasteiger partial charge in [0.2, 0.25) is 0 Å². The van der Waals surface area contributed by atoms with E-state index in [1.807, 2.05) is 19.1 Å². The van der Waals surface area contributed by atoms with Crippen LogP contribution in [-0.2, 0) is 20.7 Å². The highest BCUT2D eigenvalue weighted by Crippen LogP contribution is 2.43. The SMILES string of the molecule is CCCCNC[C@@H](COC(=O)[C@H](O)[C@@H](O)C(=O)O)Nc1cc(F)c([C@@H]2c3[nH]c4ccccc4c3C[C@@H](C)N2CC(F)(F)CO)c(F)c1. The predicted molar refractivity (Wildman–Crippen MR) is 164 cm³/mol. The van der Waals surface area contributed by atoms with Gasteiger partial charge in [-0.3, -0.25) is 4.90 Å². The molecule has 0 radical (unpaired) electrons. The molecule has 0 saturated carbocycles. The number of anilines is 1. The van der Waals surface area contributed by atoms with Crippen molar-refractivity contribution in [2.45, 2.75) is 69.4 Å². The number of ether oxygens (including phenoxy) is 1. The number of hydrogen-bond acceptors (Lipinski definition) is 9. The Balaban J connectivity index is 1.66. The third-order valence-electron chi connectivity index (χ3n) is 8.20. The number of aliphatic hydroxyl groups excluding tert-OH is 3. The fourth-order valence-corrected chi connectivity index (χ4v) is 5.81. The summed E-state index contributed by atoms with van der Waals surface area (Å²) >= 11 is 0. The summed E-state index contributed by atoms with van der Waals surface area (Å²) in [5.41, 5.74) is 1.25. The molecule has 1 aromatic heterocycles. The van der Waals surface area contributed by atoms with Crippen molar-refractivity contribution in [2.75, 3.05) is 38.2 Å². The van der Waals surface area contributed by atoms with Crippen molar-refractivity contribution in [3.8, 4) is 0 Å². The summed E-state index contributed by atoms with van der Waals surface area (Å²) in [6.45, 7) is 1.46. The summed E-state index contributed by atoms with van der Waals surface area (Å²) in [5, 5.41) is 44.2. The van der Waals surface area contributed by atoms with Gasteiger partial charge in [-0.25, -0.2) is 27.2 Å². The van der Waals surface area contributed by atoms with Gasteiger partial charge in [0.05, 0.1) is 18.6 Å². The van der Waals surface area contributed by atoms with E-state index in [0.29, 0.717) is 24.2 Å². The number of carbonyl (C=O) groups is 2. The van der Waals surface area contributed by atoms with E-state index in [9.17, 15) is 33.7 Å². The Hall–Kier alpha value is -3.76. The van der Waals surface area contributed by atoms with E-state index >= 15 is 8.78 Å². The van der Waals surface area contributed by atoms with E-state index in [-0.39, 0.29) is 12.2 Å². The van der Waals surface area contributed by atoms with Crippen LogP contribution < -0.4 is 10.6 Å². The summed E-state index contributed by atoms with van der Waals surface area (Å²) in [6, 6.07) is 6.50. The van der Waals surface area contributed by atoms with Gasteiger partial charge in [-0.15, -0.1) is 0 Å². The summed E-state index contributed by atoms with van der Waals surface area (Å²) in [6.07, 6.45) is -2.77. The maximum Gasteiger partial charge on any atom is 0.338 e. The molecule has 47 heavy (non-hydrogen) atoms. The number of carbonyl (C=O) groups excluding carboxylic acids is 1. The average molecular weight is 669 g/mol. The fourth-order valence-electron chi connectivity index (χ4n) is 5.81. The van der Waals surface area contributed by atoms with Crippen molar-refractivity contribution < 1.29 is 52.3 Å². The number of alkyl halides is 2. The number of aromatic nitrogens is 1. The molecule has 1 aliphatic heterocycles. The Morgan fingerprint density at radius 3 is 2.47 bits per heavy atom. The molecule has 2 aromatic carbocycles. The molecule has 0 fully saturated rings. The second kappa shape index (κ2) is 15.4. The van der Waals surface area contributed by atoms with E-state index < -0.39 is 85.2 Å². The van der Waals surface area contributed by atoms with E-state index in [0.717, 1.165) is 35.9 Å². The number of para-hydroxylation sites is 1. The Labute approximate surface area is 268 Å². The number of aromatic amines is 1. The lowest BCUT2D eigenvalue weighted by atomic mass is 9.87. The molecule has 0 spiro atoms. The van der Waals surface area contributed by atoms with Crippen LogP contribution in [-0.4, -0.2) is 105 Å². The number of hydrogen-bond donors (Lipinski definition) is 7. The highest BCUT2D eigenvalue weighted by molar-refractivity contribution is 5.85. The number of aliphatic carboxylic acids is 1. The zero-order valence-electron chi connectivity index (χ0n) is 26.0. The van der Waals surface area contributed by atoms with Gasteiger partial charge in [0.25, 0.3) is 5.92 Å². The molecule has 258 valence electrons. The Kier molecular flexibility index (Phi) is 11.8. The van der Waals surface area contributed by atoms with Crippen LogP contribution in [0.5, 0.6) is 0 Å². The number of fused-ring (bicyclic) bond motifs is 3. The first-order chi connectivity index (χ1) is 22.3. The monoisotopic (exact) mass is 668 g/mol. The van der Waals surface area contributed by atoms with Gasteiger partial charge < -0.3 is 40.8 Å². The zero-order chi connectivity index (χ0) is 34.5. The highest BCUT2D eigenvalue weighted by Gasteiger charge is 2.43. The lowest BCUT2D eigenvalue weighted by molar-refractivity contribution is -0.170. The zero-order valence-corrected chi connectivity index (χ0v) is 26.0. The van der Waals surface area contributed by atoms with Crippen molar-refractivity contribution in [3.63, 3.8) is 0 Å². The molecule has 5 atom stereocenters. The number of halogens is 4. The van der Waals surface area contributed by atoms with Crippen LogP contribution in [0.3, 0.4) is 0 Å². The van der Waals surface area contributed by atoms with Crippen LogP contribution in [0.2, 0.25) is 0 Å². The van der Waals surface area contributed by atoms with Crippen LogP contribution in [0.15, 0.2) is 36.4 Å². The molecule has 0 unspecified atom stereocenters. The molecule has 7 N–H and O–H groups in total. The number of carboxylic acids is 1. The number of esters is 1. The number of nitrogens with zero attached hydrogens (tertiary/aromatic N) is 1. The number of rotatable bonds is 16. The number of aliphatic hydroxyl groups is 3. The fraction of sp³-hybridized carbons (Fsp3) is 0.500. The third kappa shape index (κ3) is 8.40. The number of benzene rings is 2. The summed E-state index contributed by atoms with van der Waals surface area (Å²) in [5.74, 6) is -8.87. The van der Waals surface area contributed by atoms with E-state index in [1.165, 1.54) is 4.90 Å². The van der Waals surface area contributed by atoms with Crippen molar-refractivity contribution in [2.24, 2.45) is 0 Å². The van der Waals surface area contributed by atoms with Crippen LogP contribution >= 0.6 is 0 Å². The van der Waals surface area contributed by atoms with Crippen molar-refractivity contribution >= 4 is 28.5 Å². The van der Waals surface area contributed by atoms with Gasteiger partial charge in [0.15, 0.2) is 12.2 Å². The number of H-pyrrole nitrogens is 1. The molecule has 15 heteroatoms. The Morgan fingerprint density at radius 1 is 1.15 bits per heavy atom. The molecule has 4 rings (SSSR count). The molecular weight excluding hydrogens is 628 g/mol. The summed E-state index contributed by atoms with van der Waals surface area (Å²) in [7, 11) is 0. The predicted octanol–water partition coefficient (Wildman–Crippen LogP) is 2.93. The topological polar surface area (TPSA) is 167 Å². The average Bonchev–Trinajstić information content (AvgIpc) is 3.39. The molecule has 3 aromatic rings. The van der Waals surface area contributed by atoms with Gasteiger partial charge in [-0.2, -0.15) is 0 Å². The van der Waals surface area contributed by atoms with Crippen LogP contribution in [0.4, 0.5) is 23.2 Å². The van der Waals surface area contributed by atoms with Crippen LogP contribution in [0, 0.1) is 11.6 Å². The normalized spacial score (nSPS) is 18.8. The number of unbranched alkanes of at least 4 members (excludes halogenated alkanes) is 1. The maximum absolute atomic E-state index is 16.1. The summed E-state index contributed by atoms with van der Waals surface area (Å²) in [4.78, 5) is 27.5. The lowest BCUT2D eigenvalue weighted by Crippen LogP contribution is -2.49. The molecule has 1 aliphatic rings. The first-order valence-electron chi connectivity index (χ1n) is 15.3. The minimum absolute atomic E-state index is 0.0684. The number of carboxylic acid groups (broad SMARTS) is 1. The van der Waals surface area contributed by atoms with Gasteiger partial charge in [-0.05, 0) is 50.1 Å². The first-order valence-corrected chi connectivity index (χ1v) is 15.3. The number of nitrogens with one attached hydrogen (secondary N) is 3. The van der Waals surface area contributed by atoms with E-state index in [1.54, 1.807) is 19.1 Å². The molecule has 2 heterocycles. The van der Waals surface area contributed by atoms with Crippen molar-refractivity contribution in [1.29, 1.82) is 0 Å². The minimum atomic E-state index is -3.55. The third-order valence-corrected chi connectivity index (χ3v) is 8.20. The van der Waals surface area contributed by atoms with Gasteiger partial charge in [0, 0.05) is 40.4 Å². The highest BCUT2D eigenvalue weighted by atomic mass is 19.3. The molecule has 0 bridgehead atoms. The van der Waals surface area contributed by atoms with Gasteiger partial charge in [-0.1, -0.05) is 31.5 Å². The van der Waals surface area contributed by atoms with Gasteiger partial charge in [0.1, 0.15) is 24.8 Å². The van der Waals surface area contributed by atoms with Crippen LogP contribution in [0.1, 0.15) is 49.6 Å². The molecular formula is C32H40F4N4O7. The van der Waals surface area contributed by atoms with Gasteiger partial charge >= 0.3 is 11.9 Å². The van der Waals surface area contributed by atoms with E-state index in [4.69, 9.17) is 9.84 Å². The van der Waals surface area contributed by atoms with Crippen molar-refractivity contribution in [1.82, 2.24) is 15.2 Å². The first kappa shape index (κ1) is 36.1. The molecule has 0 aliphatic carbocycles. The minimum Gasteiger partial charge on any atom is -0.479 e. The second-order valence-corrected chi connectivity index (χ2v) is 11.8. The van der Waals surface area contributed by atoms with Crippen molar-refractivity contribution in [3.05, 3.63) is 64.9 Å². The van der Waals surface area contributed by atoms with E-state index in [2.05, 4.69) is 15.6 Å². The lowest BCUT2D eigenvalue weighted by Gasteiger charge is -2.42. The van der Waals surface area contributed by atoms with Crippen LogP contribution in [0.25, 0.3) is 10.9 Å². The smallest absolute Gasteiger partial charge is 0.338 e. The molecule has 11 nitrogen and oxygen atoms in total. The second-order valence-electron chi connectivity index (χ2n) is 11.8. The largest absolute Gasteiger partial charge is 0.479 e. The Morgan fingerprint density at radius 2 is 1.83 bits per heavy atom. The Bertz CT molecular complexity index is 1530. The standard InChI is InChI=1S/C32H40F4N4O7/c1-3-4-9-37-13-19(14-47-31(46)29(43)28(42)30(44)45)38-18-11-22(33)25(23(34)12-18)27-26-21(20-7-5-6-8-24(20)39-26)10-17(2)40(27)15-32(35,36)16-41/h5-8,11-12,17,19,27-29,37-39,41-43H,3-4,9-10,13-16H2,1-2H3,(H,44,45)/t17-,19+,27-,28-,29-/m1/s1. The maximum atomic E-state index is 16.1.